The predicted octanol–water partition coefficient (Wildman–Crippen LogP) is 4.31. The Kier molecular flexibility index (Phi) is 7.18. The van der Waals surface area contributed by atoms with Gasteiger partial charge in [-0.25, -0.2) is 4.98 Å². The highest BCUT2D eigenvalue weighted by Gasteiger charge is 2.24. The Morgan fingerprint density at radius 2 is 1.95 bits per heavy atom. The smallest absolute Gasteiger partial charge is 0.167 e. The molecule has 2 aromatic carbocycles. The van der Waals surface area contributed by atoms with Crippen LogP contribution in [-0.4, -0.2) is 63.2 Å². The zero-order valence-corrected chi connectivity index (χ0v) is 22.0. The summed E-state index contributed by atoms with van der Waals surface area (Å²) in [7, 11) is 4.32. The van der Waals surface area contributed by atoms with Crippen LogP contribution in [0.3, 0.4) is 0 Å². The van der Waals surface area contributed by atoms with Crippen LogP contribution in [0.15, 0.2) is 61.2 Å². The lowest BCUT2D eigenvalue weighted by Gasteiger charge is -2.21. The van der Waals surface area contributed by atoms with E-state index in [1.165, 1.54) is 17.5 Å². The molecule has 188 valence electrons. The summed E-state index contributed by atoms with van der Waals surface area (Å²) in [6.07, 6.45) is 8.60. The fourth-order valence-electron chi connectivity index (χ4n) is 4.95. The van der Waals surface area contributed by atoms with Crippen molar-refractivity contribution in [2.24, 2.45) is 0 Å². The minimum atomic E-state index is 0.101. The Hall–Kier alpha value is -3.79. The maximum atomic E-state index is 13.2. The Morgan fingerprint density at radius 3 is 2.73 bits per heavy atom. The molecule has 6 heteroatoms. The van der Waals surface area contributed by atoms with Crippen molar-refractivity contribution in [1.29, 1.82) is 0 Å². The molecule has 2 aromatic heterocycles. The zero-order valence-electron chi connectivity index (χ0n) is 22.0. The third-order valence-corrected chi connectivity index (χ3v) is 7.35. The van der Waals surface area contributed by atoms with Crippen LogP contribution in [-0.2, 0) is 13.0 Å². The number of rotatable bonds is 6. The van der Waals surface area contributed by atoms with E-state index in [4.69, 9.17) is 0 Å². The molecule has 1 fully saturated rings. The summed E-state index contributed by atoms with van der Waals surface area (Å²) in [4.78, 5) is 26.5. The molecule has 0 spiro atoms. The molecule has 5 rings (SSSR count). The predicted molar refractivity (Wildman–Crippen MR) is 147 cm³/mol. The summed E-state index contributed by atoms with van der Waals surface area (Å²) in [6.45, 7) is 7.38. The molecule has 0 radical (unpaired) electrons. The van der Waals surface area contributed by atoms with E-state index in [2.05, 4.69) is 70.8 Å². The number of ketones is 1. The van der Waals surface area contributed by atoms with Crippen molar-refractivity contribution < 1.29 is 4.79 Å². The van der Waals surface area contributed by atoms with Crippen molar-refractivity contribution in [1.82, 2.24) is 24.2 Å². The molecule has 1 atom stereocenters. The minimum absolute atomic E-state index is 0.101. The van der Waals surface area contributed by atoms with Gasteiger partial charge in [-0.1, -0.05) is 36.3 Å². The number of benzene rings is 2. The van der Waals surface area contributed by atoms with Crippen LogP contribution >= 0.6 is 0 Å². The standard InChI is InChI=1S/C31H33N5O/c1-22-5-7-26(17-25(22)9-10-28-18-33-31-19-32-12-14-36(28)31)30(37)16-24-6-8-27(23(2)15-24)20-35-13-11-29(21-35)34(3)4/h5-8,12,14-15,17-19,29H,11,13,16,20-21H2,1-4H3. The van der Waals surface area contributed by atoms with E-state index < -0.39 is 0 Å². The van der Waals surface area contributed by atoms with E-state index in [9.17, 15) is 4.79 Å². The highest BCUT2D eigenvalue weighted by atomic mass is 16.1. The second-order valence-corrected chi connectivity index (χ2v) is 10.2. The SMILES string of the molecule is Cc1ccc(C(=O)Cc2ccc(CN3CCC(N(C)C)C3)c(C)c2)cc1C#Cc1cnc2cnccn12. The largest absolute Gasteiger partial charge is 0.305 e. The number of aromatic nitrogens is 3. The maximum Gasteiger partial charge on any atom is 0.167 e. The highest BCUT2D eigenvalue weighted by molar-refractivity contribution is 5.98. The first-order valence-corrected chi connectivity index (χ1v) is 12.8. The van der Waals surface area contributed by atoms with Gasteiger partial charge >= 0.3 is 0 Å². The third-order valence-electron chi connectivity index (χ3n) is 7.35. The number of nitrogens with zero attached hydrogens (tertiary/aromatic N) is 5. The van der Waals surface area contributed by atoms with Crippen molar-refractivity contribution in [2.45, 2.75) is 39.3 Å². The van der Waals surface area contributed by atoms with Gasteiger partial charge in [0, 0.05) is 55.6 Å². The average molecular weight is 492 g/mol. The van der Waals surface area contributed by atoms with Crippen LogP contribution in [0.1, 0.15) is 50.3 Å². The summed E-state index contributed by atoms with van der Waals surface area (Å²) in [6, 6.07) is 12.9. The van der Waals surface area contributed by atoms with Gasteiger partial charge in [0.1, 0.15) is 5.69 Å². The topological polar surface area (TPSA) is 53.7 Å². The number of aryl methyl sites for hydroxylation is 2. The van der Waals surface area contributed by atoms with E-state index in [0.717, 1.165) is 47.7 Å². The molecule has 0 aliphatic carbocycles. The summed E-state index contributed by atoms with van der Waals surface area (Å²) in [5.74, 6) is 6.54. The maximum absolute atomic E-state index is 13.2. The van der Waals surface area contributed by atoms with Crippen molar-refractivity contribution in [3.05, 3.63) is 100 Å². The lowest BCUT2D eigenvalue weighted by molar-refractivity contribution is 0.0993. The van der Waals surface area contributed by atoms with E-state index in [0.29, 0.717) is 18.0 Å². The fourth-order valence-corrected chi connectivity index (χ4v) is 4.95. The molecule has 0 N–H and O–H groups in total. The fraction of sp³-hybridized carbons (Fsp3) is 0.323. The van der Waals surface area contributed by atoms with E-state index in [1.807, 2.05) is 35.7 Å². The van der Waals surface area contributed by atoms with Gasteiger partial charge in [0.05, 0.1) is 12.4 Å². The van der Waals surface area contributed by atoms with Crippen molar-refractivity contribution >= 4 is 11.4 Å². The van der Waals surface area contributed by atoms with E-state index in [-0.39, 0.29) is 5.78 Å². The van der Waals surface area contributed by atoms with Gasteiger partial charge in [0.15, 0.2) is 11.4 Å². The van der Waals surface area contributed by atoms with Crippen molar-refractivity contribution in [2.75, 3.05) is 27.2 Å². The van der Waals surface area contributed by atoms with Gasteiger partial charge in [-0.2, -0.15) is 0 Å². The molecule has 1 unspecified atom stereocenters. The van der Waals surface area contributed by atoms with Gasteiger partial charge in [-0.05, 0) is 68.6 Å². The molecular weight excluding hydrogens is 458 g/mol. The number of likely N-dealkylation sites (tertiary alicyclic amines) is 1. The van der Waals surface area contributed by atoms with Crippen LogP contribution in [0.4, 0.5) is 0 Å². The molecular formula is C31H33N5O. The van der Waals surface area contributed by atoms with Crippen LogP contribution < -0.4 is 0 Å². The first-order chi connectivity index (χ1) is 17.9. The second-order valence-electron chi connectivity index (χ2n) is 10.2. The molecule has 0 saturated carbocycles. The normalized spacial score (nSPS) is 15.8. The molecule has 37 heavy (non-hydrogen) atoms. The van der Waals surface area contributed by atoms with Gasteiger partial charge < -0.3 is 4.90 Å². The Labute approximate surface area is 219 Å². The second kappa shape index (κ2) is 10.7. The molecule has 6 nitrogen and oxygen atoms in total. The van der Waals surface area contributed by atoms with Crippen molar-refractivity contribution in [3.8, 4) is 11.8 Å². The Bertz CT molecular complexity index is 1510. The number of likely N-dealkylation sites (N-methyl/N-ethyl adjacent to an activating group) is 1. The first-order valence-electron chi connectivity index (χ1n) is 12.8. The zero-order chi connectivity index (χ0) is 25.9. The van der Waals surface area contributed by atoms with Crippen LogP contribution in [0.5, 0.6) is 0 Å². The summed E-state index contributed by atoms with van der Waals surface area (Å²) in [5, 5.41) is 0. The number of hydrogen-bond donors (Lipinski definition) is 0. The molecule has 0 amide bonds. The van der Waals surface area contributed by atoms with Crippen LogP contribution in [0.25, 0.3) is 5.65 Å². The quantitative estimate of drug-likeness (QED) is 0.297. The summed E-state index contributed by atoms with van der Waals surface area (Å²) >= 11 is 0. The molecule has 1 aliphatic rings. The number of hydrogen-bond acceptors (Lipinski definition) is 5. The third kappa shape index (κ3) is 5.64. The molecule has 4 aromatic rings. The molecule has 3 heterocycles. The lowest BCUT2D eigenvalue weighted by Crippen LogP contribution is -2.31. The molecule has 0 bridgehead atoms. The number of fused-ring (bicyclic) bond motifs is 1. The lowest BCUT2D eigenvalue weighted by atomic mass is 9.97. The Morgan fingerprint density at radius 1 is 1.08 bits per heavy atom. The van der Waals surface area contributed by atoms with E-state index in [1.54, 1.807) is 18.6 Å². The van der Waals surface area contributed by atoms with Gasteiger partial charge in [0.25, 0.3) is 0 Å². The number of carbonyl (C=O) groups excluding carboxylic acids is 1. The number of imidazole rings is 1. The number of carbonyl (C=O) groups is 1. The molecule has 1 saturated heterocycles. The average Bonchev–Trinajstić information content (AvgIpc) is 3.52. The number of Topliss-reactive ketones (excluding diaryl/α,β-unsaturated/α-hetero) is 1. The minimum Gasteiger partial charge on any atom is -0.305 e. The Balaban J connectivity index is 1.28. The van der Waals surface area contributed by atoms with Gasteiger partial charge in [-0.15, -0.1) is 0 Å². The van der Waals surface area contributed by atoms with Crippen molar-refractivity contribution in [3.63, 3.8) is 0 Å². The van der Waals surface area contributed by atoms with Crippen LogP contribution in [0, 0.1) is 25.7 Å². The van der Waals surface area contributed by atoms with E-state index >= 15 is 0 Å². The highest BCUT2D eigenvalue weighted by Crippen LogP contribution is 2.20. The van der Waals surface area contributed by atoms with Gasteiger partial charge in [0.2, 0.25) is 0 Å². The van der Waals surface area contributed by atoms with Crippen LogP contribution in [0.2, 0.25) is 0 Å². The van der Waals surface area contributed by atoms with Gasteiger partial charge in [-0.3, -0.25) is 19.1 Å². The summed E-state index contributed by atoms with van der Waals surface area (Å²) in [5.41, 5.74) is 7.75. The molecule has 1 aliphatic heterocycles. The summed E-state index contributed by atoms with van der Waals surface area (Å²) < 4.78 is 1.90. The monoisotopic (exact) mass is 491 g/mol. The first kappa shape index (κ1) is 24.9.